The normalized spacial score (nSPS) is 13.4. The number of rotatable bonds is 2. The quantitative estimate of drug-likeness (QED) is 0.666. The van der Waals surface area contributed by atoms with Crippen molar-refractivity contribution < 1.29 is 0 Å². The van der Waals surface area contributed by atoms with E-state index in [4.69, 9.17) is 0 Å². The van der Waals surface area contributed by atoms with Gasteiger partial charge in [-0.2, -0.15) is 0 Å². The van der Waals surface area contributed by atoms with Gasteiger partial charge in [-0.3, -0.25) is 0 Å². The minimum atomic E-state index is 1.01. The molecule has 0 aromatic heterocycles. The topological polar surface area (TPSA) is 0 Å². The van der Waals surface area contributed by atoms with E-state index in [1.807, 2.05) is 0 Å². The molecule has 0 amide bonds. The van der Waals surface area contributed by atoms with Gasteiger partial charge in [0, 0.05) is 0 Å². The van der Waals surface area contributed by atoms with Gasteiger partial charge in [0.1, 0.15) is 0 Å². The van der Waals surface area contributed by atoms with Crippen LogP contribution in [-0.4, -0.2) is 0 Å². The van der Waals surface area contributed by atoms with Crippen LogP contribution in [-0.2, 0) is 0 Å². The summed E-state index contributed by atoms with van der Waals surface area (Å²) in [6.45, 7) is 10.4. The molecule has 0 bridgehead atoms. The van der Waals surface area contributed by atoms with Gasteiger partial charge in [0.05, 0.1) is 0 Å². The van der Waals surface area contributed by atoms with Crippen LogP contribution in [0.15, 0.2) is 30.4 Å². The second-order valence-electron chi connectivity index (χ2n) is 3.52. The molecular weight excluding hydrogens is 168 g/mol. The van der Waals surface area contributed by atoms with E-state index in [1.165, 1.54) is 21.6 Å². The first kappa shape index (κ1) is 10.8. The zero-order chi connectivity index (χ0) is 10.6. The van der Waals surface area contributed by atoms with Crippen LogP contribution in [0.1, 0.15) is 25.8 Å². The fraction of sp³-hybridized carbons (Fsp3) is 0.286. The van der Waals surface area contributed by atoms with Crippen molar-refractivity contribution in [3.63, 3.8) is 0 Å². The van der Waals surface area contributed by atoms with Crippen molar-refractivity contribution in [1.82, 2.24) is 0 Å². The van der Waals surface area contributed by atoms with E-state index in [9.17, 15) is 0 Å². The molecule has 0 aliphatic rings. The summed E-state index contributed by atoms with van der Waals surface area (Å²) >= 11 is 0. The number of aryl methyl sites for hydroxylation is 1. The van der Waals surface area contributed by atoms with Gasteiger partial charge in [0.15, 0.2) is 0 Å². The van der Waals surface area contributed by atoms with E-state index in [2.05, 4.69) is 57.7 Å². The summed E-state index contributed by atoms with van der Waals surface area (Å²) in [6, 6.07) is 6.38. The highest BCUT2D eigenvalue weighted by molar-refractivity contribution is 5.47. The van der Waals surface area contributed by atoms with Gasteiger partial charge in [-0.1, -0.05) is 49.4 Å². The highest BCUT2D eigenvalue weighted by Gasteiger charge is 1.90. The molecule has 1 rings (SSSR count). The highest BCUT2D eigenvalue weighted by Crippen LogP contribution is 1.97. The van der Waals surface area contributed by atoms with Gasteiger partial charge in [-0.05, 0) is 36.3 Å². The summed E-state index contributed by atoms with van der Waals surface area (Å²) in [4.78, 5) is 0. The zero-order valence-corrected chi connectivity index (χ0v) is 9.30. The van der Waals surface area contributed by atoms with Crippen LogP contribution in [0.2, 0.25) is 0 Å². The Bertz CT molecular complexity index is 436. The van der Waals surface area contributed by atoms with Crippen LogP contribution in [0.4, 0.5) is 0 Å². The van der Waals surface area contributed by atoms with Crippen LogP contribution in [0.5, 0.6) is 0 Å². The SMILES string of the molecule is C=C(/C=c1/c(C)ccc/c1=C/C)CC. The van der Waals surface area contributed by atoms with E-state index >= 15 is 0 Å². The predicted octanol–water partition coefficient (Wildman–Crippen LogP) is 2.54. The van der Waals surface area contributed by atoms with Gasteiger partial charge in [-0.15, -0.1) is 0 Å². The monoisotopic (exact) mass is 186 g/mol. The summed E-state index contributed by atoms with van der Waals surface area (Å²) in [5.74, 6) is 0. The van der Waals surface area contributed by atoms with E-state index < -0.39 is 0 Å². The molecule has 0 N–H and O–H groups in total. The molecule has 0 aliphatic heterocycles. The van der Waals surface area contributed by atoms with Crippen LogP contribution in [0, 0.1) is 6.92 Å². The molecular formula is C14H18. The first-order valence-electron chi connectivity index (χ1n) is 5.10. The van der Waals surface area contributed by atoms with Crippen molar-refractivity contribution in [2.24, 2.45) is 0 Å². The van der Waals surface area contributed by atoms with Crippen molar-refractivity contribution >= 4 is 12.2 Å². The van der Waals surface area contributed by atoms with Gasteiger partial charge in [0.25, 0.3) is 0 Å². The fourth-order valence-corrected chi connectivity index (χ4v) is 1.46. The molecule has 1 aromatic carbocycles. The summed E-state index contributed by atoms with van der Waals surface area (Å²) in [7, 11) is 0. The van der Waals surface area contributed by atoms with E-state index in [0.717, 1.165) is 6.42 Å². The standard InChI is InChI=1S/C14H18/c1-5-11(3)10-14-12(4)8-7-9-13(14)6-2/h6-10H,3,5H2,1-2,4H3/b13-6-,14-10-. The first-order chi connectivity index (χ1) is 6.69. The third-order valence-electron chi connectivity index (χ3n) is 2.47. The number of benzene rings is 1. The molecule has 0 saturated heterocycles. The smallest absolute Gasteiger partial charge is 0.0156 e. The van der Waals surface area contributed by atoms with Crippen LogP contribution in [0.3, 0.4) is 0 Å². The summed E-state index contributed by atoms with van der Waals surface area (Å²) < 4.78 is 0. The lowest BCUT2D eigenvalue weighted by molar-refractivity contribution is 1.17. The Hall–Kier alpha value is -1.30. The van der Waals surface area contributed by atoms with Crippen molar-refractivity contribution in [2.75, 3.05) is 0 Å². The molecule has 0 unspecified atom stereocenters. The molecule has 0 aliphatic carbocycles. The Morgan fingerprint density at radius 1 is 1.43 bits per heavy atom. The average molecular weight is 186 g/mol. The molecule has 74 valence electrons. The van der Waals surface area contributed by atoms with Gasteiger partial charge in [-0.25, -0.2) is 0 Å². The molecule has 0 atom stereocenters. The molecule has 1 aromatic rings. The molecule has 14 heavy (non-hydrogen) atoms. The summed E-state index contributed by atoms with van der Waals surface area (Å²) in [6.07, 6.45) is 5.34. The fourth-order valence-electron chi connectivity index (χ4n) is 1.46. The van der Waals surface area contributed by atoms with E-state index in [1.54, 1.807) is 0 Å². The lowest BCUT2D eigenvalue weighted by atomic mass is 10.1. The summed E-state index contributed by atoms with van der Waals surface area (Å²) in [5.41, 5.74) is 2.50. The molecule has 0 radical (unpaired) electrons. The third-order valence-corrected chi connectivity index (χ3v) is 2.47. The number of hydrogen-bond donors (Lipinski definition) is 0. The lowest BCUT2D eigenvalue weighted by Gasteiger charge is -1.98. The van der Waals surface area contributed by atoms with Crippen LogP contribution < -0.4 is 10.4 Å². The molecule has 0 heteroatoms. The second-order valence-corrected chi connectivity index (χ2v) is 3.52. The molecule has 0 saturated carbocycles. The average Bonchev–Trinajstić information content (AvgIpc) is 2.20. The third kappa shape index (κ3) is 2.35. The maximum Gasteiger partial charge on any atom is -0.0156 e. The van der Waals surface area contributed by atoms with Crippen LogP contribution in [0.25, 0.3) is 12.2 Å². The van der Waals surface area contributed by atoms with Gasteiger partial charge >= 0.3 is 0 Å². The van der Waals surface area contributed by atoms with Crippen molar-refractivity contribution in [1.29, 1.82) is 0 Å². The van der Waals surface area contributed by atoms with Gasteiger partial charge < -0.3 is 0 Å². The molecule has 0 heterocycles. The Labute approximate surface area is 86.3 Å². The minimum Gasteiger partial charge on any atom is -0.0958 e. The van der Waals surface area contributed by atoms with Crippen molar-refractivity contribution in [2.45, 2.75) is 27.2 Å². The number of allylic oxidation sites excluding steroid dienone is 1. The maximum atomic E-state index is 4.02. The minimum absolute atomic E-state index is 1.01. The Kier molecular flexibility index (Phi) is 3.70. The van der Waals surface area contributed by atoms with E-state index in [0.29, 0.717) is 0 Å². The largest absolute Gasteiger partial charge is 0.0958 e. The Morgan fingerprint density at radius 2 is 2.14 bits per heavy atom. The van der Waals surface area contributed by atoms with Crippen molar-refractivity contribution in [3.8, 4) is 0 Å². The predicted molar refractivity (Wildman–Crippen MR) is 64.5 cm³/mol. The molecule has 0 fully saturated rings. The second kappa shape index (κ2) is 4.80. The molecule has 0 spiro atoms. The Balaban J connectivity index is 3.47. The first-order valence-corrected chi connectivity index (χ1v) is 5.10. The Morgan fingerprint density at radius 3 is 2.71 bits per heavy atom. The van der Waals surface area contributed by atoms with Gasteiger partial charge in [0.2, 0.25) is 0 Å². The highest BCUT2D eigenvalue weighted by atomic mass is 14.0. The van der Waals surface area contributed by atoms with Crippen molar-refractivity contribution in [3.05, 3.63) is 46.4 Å². The molecule has 0 nitrogen and oxygen atoms in total. The number of hydrogen-bond acceptors (Lipinski definition) is 0. The lowest BCUT2D eigenvalue weighted by Crippen LogP contribution is -2.26. The zero-order valence-electron chi connectivity index (χ0n) is 9.30. The van der Waals surface area contributed by atoms with Crippen LogP contribution >= 0.6 is 0 Å². The van der Waals surface area contributed by atoms with E-state index in [-0.39, 0.29) is 0 Å². The maximum absolute atomic E-state index is 4.02. The summed E-state index contributed by atoms with van der Waals surface area (Å²) in [5, 5.41) is 2.60.